The van der Waals surface area contributed by atoms with E-state index in [4.69, 9.17) is 27.8 Å². The smallest absolute Gasteiger partial charge is 0.349 e. The second-order valence-corrected chi connectivity index (χ2v) is 11.8. The van der Waals surface area contributed by atoms with Crippen LogP contribution in [0.2, 0.25) is 0 Å². The van der Waals surface area contributed by atoms with Gasteiger partial charge >= 0.3 is 23.2 Å². The molecule has 0 saturated heterocycles. The molecule has 0 aliphatic heterocycles. The molecule has 6 aromatic carbocycles. The molecule has 10 heteroatoms. The van der Waals surface area contributed by atoms with Crippen LogP contribution in [0.15, 0.2) is 152 Å². The van der Waals surface area contributed by atoms with Crippen molar-refractivity contribution < 1.29 is 37.4 Å². The third-order valence-electron chi connectivity index (χ3n) is 8.38. The molecule has 0 spiro atoms. The van der Waals surface area contributed by atoms with Gasteiger partial charge in [-0.1, -0.05) is 60.7 Å². The van der Waals surface area contributed by atoms with Gasteiger partial charge in [-0.3, -0.25) is 0 Å². The fourth-order valence-corrected chi connectivity index (χ4v) is 6.04. The zero-order valence-electron chi connectivity index (χ0n) is 27.2. The number of ether oxygens (including phenoxy) is 4. The SMILES string of the molecule is O=C(COc1ccc2ccc(=O)oc2c1)Oc1ccc2ccccc2c1-c1c(OC(=O)COc2ccc3ccc(=O)oc3c2)ccc2ccccc12. The minimum Gasteiger partial charge on any atom is -0.482 e. The molecule has 0 bridgehead atoms. The molecule has 8 rings (SSSR count). The van der Waals surface area contributed by atoms with Crippen molar-refractivity contribution in [1.29, 1.82) is 0 Å². The highest BCUT2D eigenvalue weighted by molar-refractivity contribution is 6.10. The molecule has 8 aromatic rings. The first-order chi connectivity index (χ1) is 25.4. The number of carbonyl (C=O) groups is 2. The summed E-state index contributed by atoms with van der Waals surface area (Å²) in [4.78, 5) is 50.0. The minimum absolute atomic E-state index is 0.222. The number of benzene rings is 6. The Bertz CT molecular complexity index is 2600. The van der Waals surface area contributed by atoms with Crippen LogP contribution in [0.5, 0.6) is 23.0 Å². The summed E-state index contributed by atoms with van der Waals surface area (Å²) in [7, 11) is 0. The maximum atomic E-state index is 13.3. The van der Waals surface area contributed by atoms with Gasteiger partial charge in [0.15, 0.2) is 13.2 Å². The lowest BCUT2D eigenvalue weighted by atomic mass is 9.92. The first-order valence-corrected chi connectivity index (χ1v) is 16.2. The van der Waals surface area contributed by atoms with E-state index in [0.29, 0.717) is 44.6 Å². The van der Waals surface area contributed by atoms with Gasteiger partial charge in [0.25, 0.3) is 0 Å². The summed E-state index contributed by atoms with van der Waals surface area (Å²) in [6, 6.07) is 38.0. The van der Waals surface area contributed by atoms with Crippen LogP contribution in [0.3, 0.4) is 0 Å². The van der Waals surface area contributed by atoms with Gasteiger partial charge in [-0.05, 0) is 70.1 Å². The van der Waals surface area contributed by atoms with Gasteiger partial charge in [-0.25, -0.2) is 19.2 Å². The molecule has 52 heavy (non-hydrogen) atoms. The van der Waals surface area contributed by atoms with Crippen molar-refractivity contribution in [2.45, 2.75) is 0 Å². The van der Waals surface area contributed by atoms with Crippen molar-refractivity contribution in [3.8, 4) is 34.1 Å². The van der Waals surface area contributed by atoms with E-state index in [-0.39, 0.29) is 11.5 Å². The second kappa shape index (κ2) is 13.6. The Balaban J connectivity index is 1.11. The Hall–Kier alpha value is -7.20. The fraction of sp³-hybridized carbons (Fsp3) is 0.0476. The minimum atomic E-state index is -0.690. The van der Waals surface area contributed by atoms with E-state index >= 15 is 0 Å². The molecule has 0 amide bonds. The van der Waals surface area contributed by atoms with Crippen LogP contribution in [-0.4, -0.2) is 25.2 Å². The molecule has 0 fully saturated rings. The summed E-state index contributed by atoms with van der Waals surface area (Å²) in [5, 5.41) is 4.64. The molecule has 2 aromatic heterocycles. The van der Waals surface area contributed by atoms with Crippen molar-refractivity contribution in [2.24, 2.45) is 0 Å². The zero-order valence-corrected chi connectivity index (χ0v) is 27.2. The molecule has 2 heterocycles. The summed E-state index contributed by atoms with van der Waals surface area (Å²) in [6.45, 7) is -0.885. The van der Waals surface area contributed by atoms with Gasteiger partial charge < -0.3 is 27.8 Å². The largest absolute Gasteiger partial charge is 0.482 e. The van der Waals surface area contributed by atoms with Crippen LogP contribution in [0, 0.1) is 0 Å². The number of carbonyl (C=O) groups excluding carboxylic acids is 2. The van der Waals surface area contributed by atoms with E-state index in [1.807, 2.05) is 60.7 Å². The van der Waals surface area contributed by atoms with E-state index in [0.717, 1.165) is 21.5 Å². The molecule has 0 unspecified atom stereocenters. The van der Waals surface area contributed by atoms with Gasteiger partial charge in [-0.15, -0.1) is 0 Å². The lowest BCUT2D eigenvalue weighted by molar-refractivity contribution is -0.137. The highest BCUT2D eigenvalue weighted by Gasteiger charge is 2.22. The highest BCUT2D eigenvalue weighted by atomic mass is 16.6. The normalized spacial score (nSPS) is 11.2. The molecule has 0 N–H and O–H groups in total. The predicted molar refractivity (Wildman–Crippen MR) is 194 cm³/mol. The molecule has 254 valence electrons. The van der Waals surface area contributed by atoms with E-state index in [1.54, 1.807) is 48.5 Å². The zero-order chi connectivity index (χ0) is 35.6. The van der Waals surface area contributed by atoms with E-state index in [1.165, 1.54) is 24.3 Å². The maximum Gasteiger partial charge on any atom is 0.349 e. The summed E-state index contributed by atoms with van der Waals surface area (Å²) in [5.74, 6) is -0.305. The molecule has 0 aliphatic rings. The third kappa shape index (κ3) is 6.56. The van der Waals surface area contributed by atoms with Crippen LogP contribution < -0.4 is 30.2 Å². The van der Waals surface area contributed by atoms with Crippen LogP contribution in [-0.2, 0) is 9.59 Å². The van der Waals surface area contributed by atoms with E-state index in [9.17, 15) is 19.2 Å². The van der Waals surface area contributed by atoms with Gasteiger partial charge in [0, 0.05) is 46.2 Å². The van der Waals surface area contributed by atoms with Gasteiger partial charge in [0.05, 0.1) is 0 Å². The van der Waals surface area contributed by atoms with Crippen LogP contribution in [0.4, 0.5) is 0 Å². The Morgan fingerprint density at radius 1 is 0.462 bits per heavy atom. The molecular weight excluding hydrogens is 664 g/mol. The molecule has 0 atom stereocenters. The molecular formula is C42H26O10. The number of rotatable bonds is 9. The Morgan fingerprint density at radius 2 is 0.865 bits per heavy atom. The molecule has 0 radical (unpaired) electrons. The van der Waals surface area contributed by atoms with Gasteiger partial charge in [0.2, 0.25) is 0 Å². The van der Waals surface area contributed by atoms with Crippen molar-refractivity contribution in [2.75, 3.05) is 13.2 Å². The summed E-state index contributed by atoms with van der Waals surface area (Å²) in [5.41, 5.74) is 0.710. The Labute approximate surface area is 293 Å². The first kappa shape index (κ1) is 32.0. The lowest BCUT2D eigenvalue weighted by Crippen LogP contribution is -2.19. The number of hydrogen-bond donors (Lipinski definition) is 0. The average molecular weight is 691 g/mol. The van der Waals surface area contributed by atoms with Crippen molar-refractivity contribution in [3.05, 3.63) is 154 Å². The van der Waals surface area contributed by atoms with Crippen molar-refractivity contribution in [3.63, 3.8) is 0 Å². The van der Waals surface area contributed by atoms with Crippen molar-refractivity contribution in [1.82, 2.24) is 0 Å². The van der Waals surface area contributed by atoms with E-state index in [2.05, 4.69) is 0 Å². The van der Waals surface area contributed by atoms with Crippen LogP contribution in [0.25, 0.3) is 54.6 Å². The first-order valence-electron chi connectivity index (χ1n) is 16.2. The predicted octanol–water partition coefficient (Wildman–Crippen LogP) is 7.84. The highest BCUT2D eigenvalue weighted by Crippen LogP contribution is 2.45. The average Bonchev–Trinajstić information content (AvgIpc) is 3.16. The number of hydrogen-bond acceptors (Lipinski definition) is 10. The lowest BCUT2D eigenvalue weighted by Gasteiger charge is -2.19. The number of fused-ring (bicyclic) bond motifs is 4. The second-order valence-electron chi connectivity index (χ2n) is 11.8. The van der Waals surface area contributed by atoms with Crippen LogP contribution >= 0.6 is 0 Å². The topological polar surface area (TPSA) is 131 Å². The van der Waals surface area contributed by atoms with Crippen molar-refractivity contribution >= 4 is 55.4 Å². The Kier molecular flexibility index (Phi) is 8.38. The number of esters is 2. The summed E-state index contributed by atoms with van der Waals surface area (Å²) >= 11 is 0. The van der Waals surface area contributed by atoms with E-state index < -0.39 is 36.4 Å². The standard InChI is InChI=1S/C42H26O10/c43-37-19-13-27-9-15-29(21-35(27)51-37)47-23-39(45)49-33-17-11-25-5-1-3-7-31(25)41(33)42-32-8-4-2-6-26(32)12-18-34(42)50-40(46)24-48-30-16-10-28-14-20-38(44)52-36(28)22-30/h1-22H,23-24H2. The molecule has 0 saturated carbocycles. The molecule has 10 nitrogen and oxygen atoms in total. The third-order valence-corrected chi connectivity index (χ3v) is 8.38. The Morgan fingerprint density at radius 3 is 1.33 bits per heavy atom. The monoisotopic (exact) mass is 690 g/mol. The summed E-state index contributed by atoms with van der Waals surface area (Å²) in [6.07, 6.45) is 0. The van der Waals surface area contributed by atoms with Crippen LogP contribution in [0.1, 0.15) is 0 Å². The summed E-state index contributed by atoms with van der Waals surface area (Å²) < 4.78 is 33.8. The van der Waals surface area contributed by atoms with Gasteiger partial charge in [-0.2, -0.15) is 0 Å². The van der Waals surface area contributed by atoms with Gasteiger partial charge in [0.1, 0.15) is 34.2 Å². The maximum absolute atomic E-state index is 13.3. The molecule has 0 aliphatic carbocycles. The fourth-order valence-electron chi connectivity index (χ4n) is 6.04. The quantitative estimate of drug-likeness (QED) is 0.0838.